The molecule has 0 saturated heterocycles. The van der Waals surface area contributed by atoms with Crippen LogP contribution in [0.3, 0.4) is 0 Å². The Morgan fingerprint density at radius 1 is 1.30 bits per heavy atom. The van der Waals surface area contributed by atoms with Gasteiger partial charge in [0.15, 0.2) is 8.32 Å². The first kappa shape index (κ1) is 16.9. The van der Waals surface area contributed by atoms with Crippen LogP contribution in [0.25, 0.3) is 0 Å². The number of ether oxygens (including phenoxy) is 1. The summed E-state index contributed by atoms with van der Waals surface area (Å²) < 4.78 is 10.9. The topological polar surface area (TPSA) is 48.4 Å². The smallest absolute Gasteiger partial charge is 0.356 e. The molecule has 1 heterocycles. The van der Waals surface area contributed by atoms with Gasteiger partial charge in [-0.05, 0) is 36.7 Å². The standard InChI is InChI=1S/C15H25NO3Si/c1-11-8-9-12(14(17)18-5)16-13(11)10-19-20(6,7)15(2,3)4/h8-9H,10H2,1-7H3. The van der Waals surface area contributed by atoms with Gasteiger partial charge >= 0.3 is 5.97 Å². The van der Waals surface area contributed by atoms with Gasteiger partial charge in [-0.15, -0.1) is 0 Å². The SMILES string of the molecule is COC(=O)c1ccc(C)c(CO[Si](C)(C)C(C)(C)C)n1. The van der Waals surface area contributed by atoms with Crippen LogP contribution in [0, 0.1) is 6.92 Å². The lowest BCUT2D eigenvalue weighted by Gasteiger charge is -2.36. The molecule has 20 heavy (non-hydrogen) atoms. The van der Waals surface area contributed by atoms with Gasteiger partial charge in [-0.25, -0.2) is 9.78 Å². The van der Waals surface area contributed by atoms with Crippen LogP contribution in [-0.2, 0) is 15.8 Å². The number of esters is 1. The first-order valence-corrected chi connectivity index (χ1v) is 9.68. The van der Waals surface area contributed by atoms with E-state index in [1.54, 1.807) is 6.07 Å². The minimum Gasteiger partial charge on any atom is -0.464 e. The van der Waals surface area contributed by atoms with E-state index in [1.165, 1.54) is 7.11 Å². The third kappa shape index (κ3) is 3.90. The van der Waals surface area contributed by atoms with Crippen molar-refractivity contribution < 1.29 is 14.0 Å². The highest BCUT2D eigenvalue weighted by atomic mass is 28.4. The summed E-state index contributed by atoms with van der Waals surface area (Å²) in [6.45, 7) is 13.4. The summed E-state index contributed by atoms with van der Waals surface area (Å²) in [7, 11) is -0.463. The van der Waals surface area contributed by atoms with Gasteiger partial charge < -0.3 is 9.16 Å². The first-order chi connectivity index (χ1) is 9.08. The molecule has 5 heteroatoms. The van der Waals surface area contributed by atoms with Crippen molar-refractivity contribution in [2.75, 3.05) is 7.11 Å². The zero-order chi connectivity index (χ0) is 15.6. The summed E-state index contributed by atoms with van der Waals surface area (Å²) in [5, 5.41) is 0.154. The van der Waals surface area contributed by atoms with Gasteiger partial charge in [0.2, 0.25) is 0 Å². The maximum absolute atomic E-state index is 11.5. The Bertz CT molecular complexity index is 492. The molecule has 1 aromatic rings. The summed E-state index contributed by atoms with van der Waals surface area (Å²) >= 11 is 0. The van der Waals surface area contributed by atoms with Gasteiger partial charge in [0.05, 0.1) is 19.4 Å². The highest BCUT2D eigenvalue weighted by molar-refractivity contribution is 6.74. The Hall–Kier alpha value is -1.20. The Balaban J connectivity index is 2.90. The fraction of sp³-hybridized carbons (Fsp3) is 0.600. The van der Waals surface area contributed by atoms with E-state index >= 15 is 0 Å². The molecule has 0 fully saturated rings. The molecule has 0 atom stereocenters. The maximum atomic E-state index is 11.5. The molecule has 0 spiro atoms. The average Bonchev–Trinajstić information content (AvgIpc) is 2.35. The largest absolute Gasteiger partial charge is 0.464 e. The summed E-state index contributed by atoms with van der Waals surface area (Å²) in [6, 6.07) is 3.56. The molecule has 112 valence electrons. The van der Waals surface area contributed by atoms with Crippen molar-refractivity contribution in [1.82, 2.24) is 4.98 Å². The number of hydrogen-bond donors (Lipinski definition) is 0. The molecule has 1 rings (SSSR count). The Morgan fingerprint density at radius 3 is 2.40 bits per heavy atom. The lowest BCUT2D eigenvalue weighted by Crippen LogP contribution is -2.40. The van der Waals surface area contributed by atoms with E-state index in [2.05, 4.69) is 38.8 Å². The monoisotopic (exact) mass is 295 g/mol. The summed E-state index contributed by atoms with van der Waals surface area (Å²) in [5.41, 5.74) is 2.15. The molecule has 1 aromatic heterocycles. The van der Waals surface area contributed by atoms with E-state index in [9.17, 15) is 4.79 Å². The number of carbonyl (C=O) groups is 1. The fourth-order valence-electron chi connectivity index (χ4n) is 1.40. The maximum Gasteiger partial charge on any atom is 0.356 e. The zero-order valence-electron chi connectivity index (χ0n) is 13.5. The third-order valence-corrected chi connectivity index (χ3v) is 8.45. The number of pyridine rings is 1. The number of aromatic nitrogens is 1. The van der Waals surface area contributed by atoms with Gasteiger partial charge in [0.25, 0.3) is 0 Å². The molecular weight excluding hydrogens is 270 g/mol. The molecule has 0 amide bonds. The van der Waals surface area contributed by atoms with Crippen LogP contribution in [0.5, 0.6) is 0 Å². The van der Waals surface area contributed by atoms with Gasteiger partial charge in [0.1, 0.15) is 5.69 Å². The minimum absolute atomic E-state index is 0.154. The molecular formula is C15H25NO3Si. The zero-order valence-corrected chi connectivity index (χ0v) is 14.5. The van der Waals surface area contributed by atoms with E-state index in [0.29, 0.717) is 12.3 Å². The second kappa shape index (κ2) is 6.05. The van der Waals surface area contributed by atoms with Crippen molar-refractivity contribution in [2.24, 2.45) is 0 Å². The normalized spacial score (nSPS) is 12.3. The third-order valence-electron chi connectivity index (χ3n) is 3.97. The first-order valence-electron chi connectivity index (χ1n) is 6.77. The van der Waals surface area contributed by atoms with E-state index in [0.717, 1.165) is 11.3 Å². The molecule has 0 aliphatic rings. The van der Waals surface area contributed by atoms with Crippen molar-refractivity contribution in [3.05, 3.63) is 29.1 Å². The van der Waals surface area contributed by atoms with E-state index in [1.807, 2.05) is 13.0 Å². The van der Waals surface area contributed by atoms with Crippen molar-refractivity contribution in [1.29, 1.82) is 0 Å². The van der Waals surface area contributed by atoms with Crippen molar-refractivity contribution in [2.45, 2.75) is 52.4 Å². The van der Waals surface area contributed by atoms with Crippen LogP contribution in [0.2, 0.25) is 18.1 Å². The predicted octanol–water partition coefficient (Wildman–Crippen LogP) is 3.70. The van der Waals surface area contributed by atoms with Crippen LogP contribution in [0.4, 0.5) is 0 Å². The molecule has 0 N–H and O–H groups in total. The Kier molecular flexibility index (Phi) is 5.10. The molecule has 0 aliphatic heterocycles. The van der Waals surface area contributed by atoms with E-state index in [-0.39, 0.29) is 5.04 Å². The lowest BCUT2D eigenvalue weighted by atomic mass is 10.2. The minimum atomic E-state index is -1.82. The van der Waals surface area contributed by atoms with Gasteiger partial charge in [-0.1, -0.05) is 26.8 Å². The summed E-state index contributed by atoms with van der Waals surface area (Å²) in [6.07, 6.45) is 0. The number of carbonyl (C=O) groups excluding carboxylic acids is 1. The summed E-state index contributed by atoms with van der Waals surface area (Å²) in [5.74, 6) is -0.418. The highest BCUT2D eigenvalue weighted by Gasteiger charge is 2.37. The number of rotatable bonds is 4. The molecule has 0 unspecified atom stereocenters. The summed E-state index contributed by atoms with van der Waals surface area (Å²) in [4.78, 5) is 15.9. The van der Waals surface area contributed by atoms with Gasteiger partial charge in [-0.2, -0.15) is 0 Å². The van der Waals surface area contributed by atoms with E-state index in [4.69, 9.17) is 9.16 Å². The van der Waals surface area contributed by atoms with Crippen molar-refractivity contribution >= 4 is 14.3 Å². The van der Waals surface area contributed by atoms with Crippen LogP contribution >= 0.6 is 0 Å². The number of aryl methyl sites for hydroxylation is 1. The quantitative estimate of drug-likeness (QED) is 0.628. The Labute approximate surface area is 122 Å². The molecule has 0 bridgehead atoms. The number of methoxy groups -OCH3 is 1. The predicted molar refractivity (Wildman–Crippen MR) is 82.3 cm³/mol. The van der Waals surface area contributed by atoms with Crippen LogP contribution < -0.4 is 0 Å². The molecule has 0 radical (unpaired) electrons. The van der Waals surface area contributed by atoms with Crippen LogP contribution in [0.1, 0.15) is 42.5 Å². The average molecular weight is 295 g/mol. The van der Waals surface area contributed by atoms with Crippen LogP contribution in [-0.4, -0.2) is 26.4 Å². The number of nitrogens with zero attached hydrogens (tertiary/aromatic N) is 1. The van der Waals surface area contributed by atoms with E-state index < -0.39 is 14.3 Å². The Morgan fingerprint density at radius 2 is 1.90 bits per heavy atom. The molecule has 0 aromatic carbocycles. The molecule has 0 aliphatic carbocycles. The second-order valence-electron chi connectivity index (χ2n) is 6.50. The van der Waals surface area contributed by atoms with Crippen molar-refractivity contribution in [3.8, 4) is 0 Å². The van der Waals surface area contributed by atoms with Gasteiger partial charge in [-0.3, -0.25) is 0 Å². The van der Waals surface area contributed by atoms with Crippen molar-refractivity contribution in [3.63, 3.8) is 0 Å². The second-order valence-corrected chi connectivity index (χ2v) is 11.3. The van der Waals surface area contributed by atoms with Crippen LogP contribution in [0.15, 0.2) is 12.1 Å². The molecule has 0 saturated carbocycles. The fourth-order valence-corrected chi connectivity index (χ4v) is 2.33. The highest BCUT2D eigenvalue weighted by Crippen LogP contribution is 2.37. The lowest BCUT2D eigenvalue weighted by molar-refractivity contribution is 0.0593. The van der Waals surface area contributed by atoms with Gasteiger partial charge in [0, 0.05) is 0 Å². The molecule has 4 nitrogen and oxygen atoms in total. The number of hydrogen-bond acceptors (Lipinski definition) is 4.